The summed E-state index contributed by atoms with van der Waals surface area (Å²) in [5.41, 5.74) is 0.407. The Morgan fingerprint density at radius 1 is 1.43 bits per heavy atom. The Bertz CT molecular complexity index is 467. The van der Waals surface area contributed by atoms with Crippen LogP contribution in [0.1, 0.15) is 5.76 Å². The summed E-state index contributed by atoms with van der Waals surface area (Å²) in [6.07, 6.45) is 1.58. The molecule has 2 nitrogen and oxygen atoms in total. The highest BCUT2D eigenvalue weighted by Crippen LogP contribution is 2.25. The lowest BCUT2D eigenvalue weighted by molar-refractivity contribution is 0.534. The third kappa shape index (κ3) is 1.66. The van der Waals surface area contributed by atoms with E-state index in [1.54, 1.807) is 31.3 Å². The molecule has 1 aromatic carbocycles. The zero-order chi connectivity index (χ0) is 10.1. The highest BCUT2D eigenvalue weighted by Gasteiger charge is 2.11. The molecule has 4 heteroatoms. The fraction of sp³-hybridized carbons (Fsp3) is 0.100. The van der Waals surface area contributed by atoms with Crippen molar-refractivity contribution in [3.05, 3.63) is 39.5 Å². The van der Waals surface area contributed by atoms with Crippen LogP contribution in [-0.2, 0) is 0 Å². The first-order valence-electron chi connectivity index (χ1n) is 4.05. The number of oxazole rings is 1. The molecule has 72 valence electrons. The summed E-state index contributed by atoms with van der Waals surface area (Å²) in [5.74, 6) is 0.728. The summed E-state index contributed by atoms with van der Waals surface area (Å²) in [6.45, 7) is 1.78. The van der Waals surface area contributed by atoms with Crippen LogP contribution in [0.4, 0.5) is 4.39 Å². The summed E-state index contributed by atoms with van der Waals surface area (Å²) < 4.78 is 19.4. The first kappa shape index (κ1) is 9.64. The third-order valence-electron chi connectivity index (χ3n) is 1.80. The van der Waals surface area contributed by atoms with Crippen LogP contribution < -0.4 is 0 Å². The molecule has 1 heterocycles. The number of rotatable bonds is 1. The maximum atomic E-state index is 13.6. The molecule has 0 spiro atoms. The van der Waals surface area contributed by atoms with Crippen molar-refractivity contribution < 1.29 is 8.81 Å². The van der Waals surface area contributed by atoms with Crippen LogP contribution in [0.15, 0.2) is 28.8 Å². The van der Waals surface area contributed by atoms with Crippen LogP contribution in [-0.4, -0.2) is 4.98 Å². The molecule has 0 aliphatic rings. The molecule has 0 N–H and O–H groups in total. The van der Waals surface area contributed by atoms with E-state index in [0.29, 0.717) is 20.8 Å². The van der Waals surface area contributed by atoms with Gasteiger partial charge in [0.2, 0.25) is 5.89 Å². The summed E-state index contributed by atoms with van der Waals surface area (Å²) in [4.78, 5) is 3.98. The van der Waals surface area contributed by atoms with E-state index >= 15 is 0 Å². The lowest BCUT2D eigenvalue weighted by Crippen LogP contribution is -1.87. The molecule has 2 rings (SSSR count). The van der Waals surface area contributed by atoms with Crippen molar-refractivity contribution in [2.75, 3.05) is 0 Å². The molecule has 0 saturated heterocycles. The average molecular weight is 303 g/mol. The molecule has 0 radical (unpaired) electrons. The van der Waals surface area contributed by atoms with Gasteiger partial charge >= 0.3 is 0 Å². The predicted molar refractivity (Wildman–Crippen MR) is 59.4 cm³/mol. The third-order valence-corrected chi connectivity index (χ3v) is 2.64. The Hall–Kier alpha value is -0.910. The van der Waals surface area contributed by atoms with Crippen molar-refractivity contribution in [2.24, 2.45) is 0 Å². The van der Waals surface area contributed by atoms with Gasteiger partial charge in [0, 0.05) is 3.57 Å². The number of nitrogens with zero attached hydrogens (tertiary/aromatic N) is 1. The van der Waals surface area contributed by atoms with Gasteiger partial charge in [-0.2, -0.15) is 0 Å². The second-order valence-electron chi connectivity index (χ2n) is 2.88. The van der Waals surface area contributed by atoms with Crippen molar-refractivity contribution in [1.29, 1.82) is 0 Å². The number of aromatic nitrogens is 1. The molecule has 0 aliphatic heterocycles. The van der Waals surface area contributed by atoms with Crippen molar-refractivity contribution in [1.82, 2.24) is 4.98 Å². The van der Waals surface area contributed by atoms with Gasteiger partial charge in [0.1, 0.15) is 11.6 Å². The fourth-order valence-electron chi connectivity index (χ4n) is 1.15. The quantitative estimate of drug-likeness (QED) is 0.755. The maximum absolute atomic E-state index is 13.6. The molecular weight excluding hydrogens is 296 g/mol. The molecule has 0 unspecified atom stereocenters. The van der Waals surface area contributed by atoms with Crippen molar-refractivity contribution in [3.63, 3.8) is 0 Å². The minimum Gasteiger partial charge on any atom is -0.441 e. The first-order valence-corrected chi connectivity index (χ1v) is 5.13. The molecule has 0 saturated carbocycles. The van der Waals surface area contributed by atoms with Gasteiger partial charge in [-0.1, -0.05) is 6.07 Å². The topological polar surface area (TPSA) is 26.0 Å². The molecule has 14 heavy (non-hydrogen) atoms. The standard InChI is InChI=1S/C10H7FINO/c1-6-5-13-10(14-6)7-3-2-4-8(12)9(7)11/h2-5H,1H3. The summed E-state index contributed by atoms with van der Waals surface area (Å²) >= 11 is 1.94. The number of hydrogen-bond donors (Lipinski definition) is 0. The Labute approximate surface area is 94.3 Å². The number of hydrogen-bond acceptors (Lipinski definition) is 2. The van der Waals surface area contributed by atoms with Gasteiger partial charge in [-0.15, -0.1) is 0 Å². The van der Waals surface area contributed by atoms with Crippen molar-refractivity contribution in [3.8, 4) is 11.5 Å². The molecular formula is C10H7FINO. The zero-order valence-corrected chi connectivity index (χ0v) is 9.58. The van der Waals surface area contributed by atoms with Gasteiger partial charge in [-0.3, -0.25) is 0 Å². The Balaban J connectivity index is 2.57. The van der Waals surface area contributed by atoms with Gasteiger partial charge in [-0.25, -0.2) is 9.37 Å². The van der Waals surface area contributed by atoms with E-state index in [-0.39, 0.29) is 5.82 Å². The van der Waals surface area contributed by atoms with Crippen LogP contribution >= 0.6 is 22.6 Å². The molecule has 0 amide bonds. The monoisotopic (exact) mass is 303 g/mol. The second-order valence-corrected chi connectivity index (χ2v) is 4.04. The number of aryl methyl sites for hydroxylation is 1. The molecule has 0 aliphatic carbocycles. The van der Waals surface area contributed by atoms with E-state index < -0.39 is 0 Å². The van der Waals surface area contributed by atoms with Gasteiger partial charge in [0.05, 0.1) is 11.8 Å². The largest absolute Gasteiger partial charge is 0.441 e. The Morgan fingerprint density at radius 3 is 2.86 bits per heavy atom. The maximum Gasteiger partial charge on any atom is 0.229 e. The second kappa shape index (κ2) is 3.68. The normalized spacial score (nSPS) is 10.5. The van der Waals surface area contributed by atoms with Gasteiger partial charge in [-0.05, 0) is 41.6 Å². The molecule has 1 aromatic heterocycles. The SMILES string of the molecule is Cc1cnc(-c2cccc(I)c2F)o1. The summed E-state index contributed by atoms with van der Waals surface area (Å²) in [7, 11) is 0. The van der Waals surface area contributed by atoms with E-state index in [9.17, 15) is 4.39 Å². The summed E-state index contributed by atoms with van der Waals surface area (Å²) in [6, 6.07) is 5.14. The Morgan fingerprint density at radius 2 is 2.21 bits per heavy atom. The van der Waals surface area contributed by atoms with E-state index in [0.717, 1.165) is 0 Å². The van der Waals surface area contributed by atoms with Crippen LogP contribution in [0.25, 0.3) is 11.5 Å². The number of benzene rings is 1. The van der Waals surface area contributed by atoms with Crippen LogP contribution in [0, 0.1) is 16.3 Å². The minimum absolute atomic E-state index is 0.282. The fourth-order valence-corrected chi connectivity index (χ4v) is 1.65. The lowest BCUT2D eigenvalue weighted by Gasteiger charge is -1.99. The van der Waals surface area contributed by atoms with Gasteiger partial charge in [0.15, 0.2) is 0 Å². The summed E-state index contributed by atoms with van der Waals surface area (Å²) in [5, 5.41) is 0. The predicted octanol–water partition coefficient (Wildman–Crippen LogP) is 3.39. The van der Waals surface area contributed by atoms with Gasteiger partial charge < -0.3 is 4.42 Å². The minimum atomic E-state index is -0.282. The van der Waals surface area contributed by atoms with Crippen LogP contribution in [0.3, 0.4) is 0 Å². The molecule has 0 atom stereocenters. The van der Waals surface area contributed by atoms with E-state index in [1.807, 2.05) is 22.6 Å². The van der Waals surface area contributed by atoms with E-state index in [4.69, 9.17) is 4.42 Å². The van der Waals surface area contributed by atoms with E-state index in [1.165, 1.54) is 0 Å². The van der Waals surface area contributed by atoms with Gasteiger partial charge in [0.25, 0.3) is 0 Å². The van der Waals surface area contributed by atoms with Crippen LogP contribution in [0.5, 0.6) is 0 Å². The number of halogens is 2. The molecule has 0 fully saturated rings. The molecule has 0 bridgehead atoms. The van der Waals surface area contributed by atoms with Crippen LogP contribution in [0.2, 0.25) is 0 Å². The van der Waals surface area contributed by atoms with Crippen molar-refractivity contribution >= 4 is 22.6 Å². The Kier molecular flexibility index (Phi) is 2.54. The smallest absolute Gasteiger partial charge is 0.229 e. The first-order chi connectivity index (χ1) is 6.68. The highest BCUT2D eigenvalue weighted by molar-refractivity contribution is 14.1. The van der Waals surface area contributed by atoms with E-state index in [2.05, 4.69) is 4.98 Å². The molecule has 2 aromatic rings. The zero-order valence-electron chi connectivity index (χ0n) is 7.42. The lowest BCUT2D eigenvalue weighted by atomic mass is 10.2. The average Bonchev–Trinajstić information content (AvgIpc) is 2.57. The highest BCUT2D eigenvalue weighted by atomic mass is 127. The van der Waals surface area contributed by atoms with Crippen molar-refractivity contribution in [2.45, 2.75) is 6.92 Å².